The van der Waals surface area contributed by atoms with E-state index in [9.17, 15) is 9.59 Å². The highest BCUT2D eigenvalue weighted by Gasteiger charge is 2.11. The normalized spacial score (nSPS) is 10.4. The van der Waals surface area contributed by atoms with Crippen molar-refractivity contribution in [3.63, 3.8) is 0 Å². The fourth-order valence-electron chi connectivity index (χ4n) is 2.53. The Morgan fingerprint density at radius 3 is 2.68 bits per heavy atom. The van der Waals surface area contributed by atoms with E-state index in [1.165, 1.54) is 7.11 Å². The summed E-state index contributed by atoms with van der Waals surface area (Å²) in [7, 11) is 3.20. The van der Waals surface area contributed by atoms with E-state index >= 15 is 0 Å². The van der Waals surface area contributed by atoms with Gasteiger partial charge in [0, 0.05) is 31.0 Å². The number of methoxy groups -OCH3 is 1. The predicted octanol–water partition coefficient (Wildman–Crippen LogP) is 1.26. The van der Waals surface area contributed by atoms with E-state index in [-0.39, 0.29) is 12.5 Å². The highest BCUT2D eigenvalue weighted by atomic mass is 16.5. The zero-order valence-corrected chi connectivity index (χ0v) is 14.9. The van der Waals surface area contributed by atoms with Crippen molar-refractivity contribution in [3.05, 3.63) is 46.5 Å². The number of nitrogens with zero attached hydrogens (tertiary/aromatic N) is 3. The first-order valence-electron chi connectivity index (χ1n) is 7.96. The Bertz CT molecular complexity index is 770. The van der Waals surface area contributed by atoms with Crippen molar-refractivity contribution >= 4 is 12.0 Å². The van der Waals surface area contributed by atoms with Gasteiger partial charge in [0.15, 0.2) is 0 Å². The quantitative estimate of drug-likeness (QED) is 0.821. The molecule has 0 aliphatic carbocycles. The molecule has 0 bridgehead atoms. The van der Waals surface area contributed by atoms with E-state index in [4.69, 9.17) is 0 Å². The van der Waals surface area contributed by atoms with Gasteiger partial charge in [-0.3, -0.25) is 14.5 Å². The van der Waals surface area contributed by atoms with Gasteiger partial charge in [0.2, 0.25) is 0 Å². The van der Waals surface area contributed by atoms with Gasteiger partial charge in [-0.2, -0.15) is 5.10 Å². The maximum atomic E-state index is 12.3. The van der Waals surface area contributed by atoms with E-state index in [1.54, 1.807) is 18.3 Å². The van der Waals surface area contributed by atoms with E-state index < -0.39 is 6.09 Å². The highest BCUT2D eigenvalue weighted by molar-refractivity contribution is 5.94. The van der Waals surface area contributed by atoms with Crippen LogP contribution in [0.2, 0.25) is 0 Å². The molecule has 2 aromatic heterocycles. The van der Waals surface area contributed by atoms with Crippen LogP contribution in [0.3, 0.4) is 0 Å². The minimum Gasteiger partial charge on any atom is -0.453 e. The molecule has 0 spiro atoms. The van der Waals surface area contributed by atoms with Crippen LogP contribution >= 0.6 is 0 Å². The number of hydrogen-bond acceptors (Lipinski definition) is 5. The van der Waals surface area contributed by atoms with Gasteiger partial charge < -0.3 is 15.4 Å². The number of rotatable bonds is 6. The molecule has 25 heavy (non-hydrogen) atoms. The first-order chi connectivity index (χ1) is 11.9. The van der Waals surface area contributed by atoms with Crippen LogP contribution < -0.4 is 10.6 Å². The Morgan fingerprint density at radius 2 is 2.04 bits per heavy atom. The smallest absolute Gasteiger partial charge is 0.407 e. The van der Waals surface area contributed by atoms with Gasteiger partial charge in [-0.05, 0) is 38.0 Å². The van der Waals surface area contributed by atoms with Gasteiger partial charge in [-0.1, -0.05) is 0 Å². The third-order valence-corrected chi connectivity index (χ3v) is 4.00. The van der Waals surface area contributed by atoms with Crippen molar-refractivity contribution in [1.82, 2.24) is 25.4 Å². The number of pyridine rings is 1. The van der Waals surface area contributed by atoms with Crippen molar-refractivity contribution in [2.75, 3.05) is 13.7 Å². The zero-order chi connectivity index (χ0) is 18.4. The average molecular weight is 345 g/mol. The zero-order valence-electron chi connectivity index (χ0n) is 14.9. The fourth-order valence-corrected chi connectivity index (χ4v) is 2.53. The summed E-state index contributed by atoms with van der Waals surface area (Å²) in [5, 5.41) is 9.80. The number of hydrogen-bond donors (Lipinski definition) is 2. The lowest BCUT2D eigenvalue weighted by Crippen LogP contribution is -2.27. The summed E-state index contributed by atoms with van der Waals surface area (Å²) >= 11 is 0. The highest BCUT2D eigenvalue weighted by Crippen LogP contribution is 2.12. The number of carbonyl (C=O) groups excluding carboxylic acids is 2. The van der Waals surface area contributed by atoms with E-state index in [2.05, 4.69) is 25.5 Å². The second-order valence-electron chi connectivity index (χ2n) is 5.66. The Labute approximate surface area is 146 Å². The third-order valence-electron chi connectivity index (χ3n) is 4.00. The van der Waals surface area contributed by atoms with Gasteiger partial charge in [0.05, 0.1) is 25.0 Å². The summed E-state index contributed by atoms with van der Waals surface area (Å²) in [5.74, 6) is -0.180. The maximum absolute atomic E-state index is 12.3. The molecule has 0 fully saturated rings. The van der Waals surface area contributed by atoms with E-state index in [0.29, 0.717) is 17.8 Å². The molecular formula is C17H23N5O3. The fraction of sp³-hybridized carbons (Fsp3) is 0.412. The Balaban J connectivity index is 1.91. The molecule has 0 unspecified atom stereocenters. The molecule has 0 saturated carbocycles. The number of alkyl carbamates (subject to hydrolysis) is 1. The first kappa shape index (κ1) is 18.4. The molecule has 8 heteroatoms. The van der Waals surface area contributed by atoms with Gasteiger partial charge in [0.1, 0.15) is 0 Å². The lowest BCUT2D eigenvalue weighted by Gasteiger charge is -2.08. The van der Waals surface area contributed by atoms with Crippen LogP contribution in [0.5, 0.6) is 0 Å². The molecule has 0 aliphatic heterocycles. The van der Waals surface area contributed by atoms with Crippen molar-refractivity contribution < 1.29 is 14.3 Å². The van der Waals surface area contributed by atoms with Crippen molar-refractivity contribution in [2.45, 2.75) is 26.8 Å². The van der Waals surface area contributed by atoms with Crippen molar-refractivity contribution in [3.8, 4) is 0 Å². The Hall–Kier alpha value is -2.90. The number of amides is 2. The number of aromatic nitrogens is 3. The topological polar surface area (TPSA) is 98.1 Å². The molecule has 0 aliphatic rings. The Kier molecular flexibility index (Phi) is 6.10. The van der Waals surface area contributed by atoms with Crippen LogP contribution in [-0.4, -0.2) is 40.4 Å². The van der Waals surface area contributed by atoms with Crippen LogP contribution in [0.25, 0.3) is 0 Å². The molecule has 2 aromatic rings. The molecule has 0 aromatic carbocycles. The van der Waals surface area contributed by atoms with E-state index in [0.717, 1.165) is 23.4 Å². The van der Waals surface area contributed by atoms with Crippen LogP contribution in [0, 0.1) is 13.8 Å². The summed E-state index contributed by atoms with van der Waals surface area (Å²) in [5.41, 5.74) is 4.31. The van der Waals surface area contributed by atoms with Crippen molar-refractivity contribution in [1.29, 1.82) is 0 Å². The molecule has 0 saturated heterocycles. The second kappa shape index (κ2) is 8.27. The molecule has 0 atom stereocenters. The summed E-state index contributed by atoms with van der Waals surface area (Å²) in [6, 6.07) is 3.28. The van der Waals surface area contributed by atoms with Crippen LogP contribution in [-0.2, 0) is 24.8 Å². The molecule has 8 nitrogen and oxygen atoms in total. The van der Waals surface area contributed by atoms with Gasteiger partial charge in [-0.25, -0.2) is 4.79 Å². The molecule has 0 radical (unpaired) electrons. The maximum Gasteiger partial charge on any atom is 0.407 e. The SMILES string of the molecule is COC(=O)NCc1cc(C(=O)NCCc2c(C)nn(C)c2C)ccn1. The number of nitrogens with one attached hydrogen (secondary N) is 2. The predicted molar refractivity (Wildman–Crippen MR) is 92.2 cm³/mol. The first-order valence-corrected chi connectivity index (χ1v) is 7.96. The summed E-state index contributed by atoms with van der Waals surface area (Å²) in [6.07, 6.45) is 1.72. The molecule has 134 valence electrons. The molecular weight excluding hydrogens is 322 g/mol. The van der Waals surface area contributed by atoms with Crippen LogP contribution in [0.4, 0.5) is 4.79 Å². The summed E-state index contributed by atoms with van der Waals surface area (Å²) in [4.78, 5) is 27.5. The largest absolute Gasteiger partial charge is 0.453 e. The molecule has 2 amide bonds. The summed E-state index contributed by atoms with van der Waals surface area (Å²) < 4.78 is 6.35. The number of ether oxygens (including phenoxy) is 1. The van der Waals surface area contributed by atoms with Gasteiger partial charge in [-0.15, -0.1) is 0 Å². The number of aryl methyl sites for hydroxylation is 2. The second-order valence-corrected chi connectivity index (χ2v) is 5.66. The van der Waals surface area contributed by atoms with E-state index in [1.807, 2.05) is 25.6 Å². The van der Waals surface area contributed by atoms with Crippen LogP contribution in [0.1, 0.15) is 33.0 Å². The molecule has 2 rings (SSSR count). The minimum absolute atomic E-state index is 0.180. The molecule has 2 heterocycles. The monoisotopic (exact) mass is 345 g/mol. The lowest BCUT2D eigenvalue weighted by molar-refractivity contribution is 0.0954. The number of carbonyl (C=O) groups is 2. The Morgan fingerprint density at radius 1 is 1.28 bits per heavy atom. The minimum atomic E-state index is -0.543. The third kappa shape index (κ3) is 4.79. The van der Waals surface area contributed by atoms with Gasteiger partial charge >= 0.3 is 6.09 Å². The van der Waals surface area contributed by atoms with Gasteiger partial charge in [0.25, 0.3) is 5.91 Å². The average Bonchev–Trinajstić information content (AvgIpc) is 2.85. The summed E-state index contributed by atoms with van der Waals surface area (Å²) in [6.45, 7) is 4.69. The lowest BCUT2D eigenvalue weighted by atomic mass is 10.1. The van der Waals surface area contributed by atoms with Crippen molar-refractivity contribution in [2.24, 2.45) is 7.05 Å². The van der Waals surface area contributed by atoms with Crippen LogP contribution in [0.15, 0.2) is 18.3 Å². The standard InChI is InChI=1S/C17H23N5O3/c1-11-15(12(2)22(3)21-11)6-8-19-16(23)13-5-7-18-14(9-13)10-20-17(24)25-4/h5,7,9H,6,8,10H2,1-4H3,(H,19,23)(H,20,24). The molecule has 2 N–H and O–H groups in total.